The molecule has 0 fully saturated rings. The van der Waals surface area contributed by atoms with Crippen LogP contribution in [0.3, 0.4) is 0 Å². The number of hydrogen-bond acceptors (Lipinski definition) is 2. The van der Waals surface area contributed by atoms with Crippen LogP contribution in [0.4, 0.5) is 0 Å². The summed E-state index contributed by atoms with van der Waals surface area (Å²) in [6, 6.07) is 17.2. The molecule has 0 amide bonds. The van der Waals surface area contributed by atoms with Gasteiger partial charge in [-0.05, 0) is 25.0 Å². The van der Waals surface area contributed by atoms with Crippen molar-refractivity contribution in [2.75, 3.05) is 0 Å². The molecule has 1 atom stereocenters. The quantitative estimate of drug-likeness (QED) is 0.849. The van der Waals surface area contributed by atoms with Gasteiger partial charge in [0.05, 0.1) is 5.60 Å². The largest absolute Gasteiger partial charge is 0.389 e. The summed E-state index contributed by atoms with van der Waals surface area (Å²) < 4.78 is 0. The van der Waals surface area contributed by atoms with E-state index in [1.165, 1.54) is 0 Å². The summed E-state index contributed by atoms with van der Waals surface area (Å²) in [4.78, 5) is 11.2. The number of carbonyl (C=O) groups is 1. The van der Waals surface area contributed by atoms with Crippen molar-refractivity contribution in [2.24, 2.45) is 0 Å². The van der Waals surface area contributed by atoms with E-state index in [1.807, 2.05) is 48.5 Å². The van der Waals surface area contributed by atoms with E-state index in [1.54, 1.807) is 19.9 Å². The molecule has 0 aromatic heterocycles. The van der Waals surface area contributed by atoms with Gasteiger partial charge < -0.3 is 5.11 Å². The smallest absolute Gasteiger partial charge is 0.150 e. The highest BCUT2D eigenvalue weighted by Crippen LogP contribution is 2.35. The standard InChI is InChI=1S/C17H18O2/c1-17(2,19)16(13-8-4-3-5-9-13)15-11-7-6-10-14(15)12-18/h3-12,16,19H,1-2H3. The maximum Gasteiger partial charge on any atom is 0.150 e. The molecule has 2 nitrogen and oxygen atoms in total. The molecule has 2 aromatic carbocycles. The molecular formula is C17H18O2. The Balaban J connectivity index is 2.60. The van der Waals surface area contributed by atoms with E-state index in [2.05, 4.69) is 0 Å². The van der Waals surface area contributed by atoms with Gasteiger partial charge in [-0.2, -0.15) is 0 Å². The second kappa shape index (κ2) is 5.37. The van der Waals surface area contributed by atoms with Crippen molar-refractivity contribution in [2.45, 2.75) is 25.4 Å². The number of aldehydes is 1. The Labute approximate surface area is 113 Å². The summed E-state index contributed by atoms with van der Waals surface area (Å²) in [6.07, 6.45) is 0.844. The van der Waals surface area contributed by atoms with Crippen LogP contribution in [0.25, 0.3) is 0 Å². The van der Waals surface area contributed by atoms with E-state index in [4.69, 9.17) is 0 Å². The molecule has 2 rings (SSSR count). The van der Waals surface area contributed by atoms with Crippen LogP contribution < -0.4 is 0 Å². The van der Waals surface area contributed by atoms with Crippen LogP contribution in [0.5, 0.6) is 0 Å². The third-order valence-electron chi connectivity index (χ3n) is 3.27. The van der Waals surface area contributed by atoms with Crippen LogP contribution in [-0.2, 0) is 0 Å². The van der Waals surface area contributed by atoms with Crippen LogP contribution in [0, 0.1) is 0 Å². The monoisotopic (exact) mass is 254 g/mol. The highest BCUT2D eigenvalue weighted by molar-refractivity contribution is 5.78. The molecule has 0 aliphatic rings. The van der Waals surface area contributed by atoms with Crippen LogP contribution in [0.1, 0.15) is 41.3 Å². The first kappa shape index (κ1) is 13.5. The topological polar surface area (TPSA) is 37.3 Å². The van der Waals surface area contributed by atoms with Crippen LogP contribution in [0.2, 0.25) is 0 Å². The average molecular weight is 254 g/mol. The molecule has 0 heterocycles. The molecule has 0 spiro atoms. The van der Waals surface area contributed by atoms with Gasteiger partial charge in [0.25, 0.3) is 0 Å². The van der Waals surface area contributed by atoms with Crippen molar-refractivity contribution in [3.05, 3.63) is 71.3 Å². The molecule has 0 radical (unpaired) electrons. The fourth-order valence-electron chi connectivity index (χ4n) is 2.49. The van der Waals surface area contributed by atoms with E-state index in [0.29, 0.717) is 5.56 Å². The highest BCUT2D eigenvalue weighted by Gasteiger charge is 2.31. The van der Waals surface area contributed by atoms with Gasteiger partial charge in [-0.1, -0.05) is 54.6 Å². The zero-order chi connectivity index (χ0) is 13.9. The van der Waals surface area contributed by atoms with Gasteiger partial charge in [-0.15, -0.1) is 0 Å². The van der Waals surface area contributed by atoms with Crippen molar-refractivity contribution < 1.29 is 9.90 Å². The van der Waals surface area contributed by atoms with Crippen molar-refractivity contribution in [3.8, 4) is 0 Å². The molecule has 0 saturated heterocycles. The van der Waals surface area contributed by atoms with Crippen LogP contribution in [-0.4, -0.2) is 17.0 Å². The Morgan fingerprint density at radius 1 is 1.00 bits per heavy atom. The summed E-state index contributed by atoms with van der Waals surface area (Å²) in [5.74, 6) is -0.227. The fourth-order valence-corrected chi connectivity index (χ4v) is 2.49. The summed E-state index contributed by atoms with van der Waals surface area (Å²) >= 11 is 0. The average Bonchev–Trinajstić information content (AvgIpc) is 2.39. The van der Waals surface area contributed by atoms with Gasteiger partial charge in [0, 0.05) is 11.5 Å². The first-order chi connectivity index (χ1) is 9.04. The van der Waals surface area contributed by atoms with E-state index < -0.39 is 5.60 Å². The van der Waals surface area contributed by atoms with E-state index in [0.717, 1.165) is 17.4 Å². The Hall–Kier alpha value is -1.93. The maximum absolute atomic E-state index is 11.2. The fraction of sp³-hybridized carbons (Fsp3) is 0.235. The zero-order valence-corrected chi connectivity index (χ0v) is 11.2. The molecule has 1 N–H and O–H groups in total. The maximum atomic E-state index is 11.2. The molecule has 98 valence electrons. The molecule has 1 unspecified atom stereocenters. The highest BCUT2D eigenvalue weighted by atomic mass is 16.3. The van der Waals surface area contributed by atoms with Gasteiger partial charge in [0.15, 0.2) is 0 Å². The van der Waals surface area contributed by atoms with E-state index in [9.17, 15) is 9.90 Å². The normalized spacial score (nSPS) is 13.0. The van der Waals surface area contributed by atoms with E-state index in [-0.39, 0.29) is 5.92 Å². The van der Waals surface area contributed by atoms with Crippen molar-refractivity contribution in [1.82, 2.24) is 0 Å². The summed E-state index contributed by atoms with van der Waals surface area (Å²) in [6.45, 7) is 3.54. The zero-order valence-electron chi connectivity index (χ0n) is 11.2. The second-order valence-corrected chi connectivity index (χ2v) is 5.24. The molecule has 0 aliphatic heterocycles. The Bertz CT molecular complexity index is 553. The molecular weight excluding hydrogens is 236 g/mol. The Kier molecular flexibility index (Phi) is 3.82. The minimum atomic E-state index is -0.944. The number of hydrogen-bond donors (Lipinski definition) is 1. The van der Waals surface area contributed by atoms with Crippen molar-refractivity contribution in [3.63, 3.8) is 0 Å². The lowest BCUT2D eigenvalue weighted by molar-refractivity contribution is 0.0625. The van der Waals surface area contributed by atoms with Gasteiger partial charge in [-0.25, -0.2) is 0 Å². The lowest BCUT2D eigenvalue weighted by Gasteiger charge is -2.31. The number of rotatable bonds is 4. The molecule has 2 aromatic rings. The summed E-state index contributed by atoms with van der Waals surface area (Å²) in [7, 11) is 0. The Morgan fingerprint density at radius 3 is 2.16 bits per heavy atom. The lowest BCUT2D eigenvalue weighted by atomic mass is 9.78. The summed E-state index contributed by atoms with van der Waals surface area (Å²) in [5, 5.41) is 10.5. The number of aliphatic hydroxyl groups is 1. The van der Waals surface area contributed by atoms with Gasteiger partial charge in [0.2, 0.25) is 0 Å². The number of carbonyl (C=O) groups excluding carboxylic acids is 1. The van der Waals surface area contributed by atoms with Gasteiger partial charge >= 0.3 is 0 Å². The van der Waals surface area contributed by atoms with Crippen LogP contribution in [0.15, 0.2) is 54.6 Å². The van der Waals surface area contributed by atoms with Crippen molar-refractivity contribution >= 4 is 6.29 Å². The van der Waals surface area contributed by atoms with Crippen molar-refractivity contribution in [1.29, 1.82) is 0 Å². The summed E-state index contributed by atoms with van der Waals surface area (Å²) in [5.41, 5.74) is 1.54. The lowest BCUT2D eigenvalue weighted by Crippen LogP contribution is -2.30. The first-order valence-corrected chi connectivity index (χ1v) is 6.35. The third-order valence-corrected chi connectivity index (χ3v) is 3.27. The van der Waals surface area contributed by atoms with Gasteiger partial charge in [0.1, 0.15) is 6.29 Å². The number of benzene rings is 2. The minimum absolute atomic E-state index is 0.227. The first-order valence-electron chi connectivity index (χ1n) is 6.35. The van der Waals surface area contributed by atoms with E-state index >= 15 is 0 Å². The predicted octanol–water partition coefficient (Wildman–Crippen LogP) is 3.40. The van der Waals surface area contributed by atoms with Crippen LogP contribution >= 0.6 is 0 Å². The second-order valence-electron chi connectivity index (χ2n) is 5.24. The molecule has 0 aliphatic carbocycles. The molecule has 19 heavy (non-hydrogen) atoms. The minimum Gasteiger partial charge on any atom is -0.389 e. The SMILES string of the molecule is CC(C)(O)C(c1ccccc1)c1ccccc1C=O. The molecule has 0 saturated carbocycles. The molecule has 2 heteroatoms. The Morgan fingerprint density at radius 2 is 1.58 bits per heavy atom. The molecule has 0 bridgehead atoms. The third kappa shape index (κ3) is 2.91. The predicted molar refractivity (Wildman–Crippen MR) is 76.4 cm³/mol. The van der Waals surface area contributed by atoms with Gasteiger partial charge in [-0.3, -0.25) is 4.79 Å².